The van der Waals surface area contributed by atoms with Gasteiger partial charge >= 0.3 is 0 Å². The van der Waals surface area contributed by atoms with Crippen molar-refractivity contribution in [2.24, 2.45) is 0 Å². The maximum Gasteiger partial charge on any atom is 0.101 e. The van der Waals surface area contributed by atoms with Crippen molar-refractivity contribution in [3.05, 3.63) is 35.9 Å². The van der Waals surface area contributed by atoms with Crippen LogP contribution in [-0.4, -0.2) is 5.54 Å². The minimum absolute atomic E-state index is 0.200. The summed E-state index contributed by atoms with van der Waals surface area (Å²) in [4.78, 5) is 0. The highest BCUT2D eigenvalue weighted by Gasteiger charge is 2.19. The van der Waals surface area contributed by atoms with Crippen LogP contribution < -0.4 is 5.32 Å². The predicted molar refractivity (Wildman–Crippen MR) is 57.7 cm³/mol. The van der Waals surface area contributed by atoms with Crippen molar-refractivity contribution in [1.82, 2.24) is 5.32 Å². The van der Waals surface area contributed by atoms with Gasteiger partial charge in [0, 0.05) is 6.04 Å². The Morgan fingerprint density at radius 3 is 2.36 bits per heavy atom. The van der Waals surface area contributed by atoms with Gasteiger partial charge in [-0.25, -0.2) is 0 Å². The number of nitrogens with one attached hydrogen (secondary N) is 1. The van der Waals surface area contributed by atoms with Gasteiger partial charge in [0.05, 0.1) is 6.07 Å². The van der Waals surface area contributed by atoms with Crippen LogP contribution in [0.2, 0.25) is 0 Å². The third-order valence-corrected chi connectivity index (χ3v) is 2.16. The second kappa shape index (κ2) is 4.26. The molecule has 1 unspecified atom stereocenters. The minimum atomic E-state index is -0.477. The Hall–Kier alpha value is -1.33. The Labute approximate surface area is 85.6 Å². The van der Waals surface area contributed by atoms with E-state index in [0.717, 1.165) is 0 Å². The van der Waals surface area contributed by atoms with Gasteiger partial charge in [0.15, 0.2) is 0 Å². The Morgan fingerprint density at radius 1 is 1.29 bits per heavy atom. The van der Waals surface area contributed by atoms with E-state index in [0.29, 0.717) is 0 Å². The zero-order valence-electron chi connectivity index (χ0n) is 8.91. The highest BCUT2D eigenvalue weighted by Crippen LogP contribution is 2.15. The third-order valence-electron chi connectivity index (χ3n) is 2.16. The SMILES string of the molecule is CC(NC(C)(C)C#N)c1ccccc1. The van der Waals surface area contributed by atoms with E-state index in [1.54, 1.807) is 0 Å². The van der Waals surface area contributed by atoms with E-state index in [1.807, 2.05) is 32.0 Å². The fourth-order valence-electron chi connectivity index (χ4n) is 1.40. The first kappa shape index (κ1) is 10.7. The molecule has 0 amide bonds. The van der Waals surface area contributed by atoms with Crippen LogP contribution in [0.5, 0.6) is 0 Å². The Bertz CT molecular complexity index is 322. The average molecular weight is 188 g/mol. The summed E-state index contributed by atoms with van der Waals surface area (Å²) in [5, 5.41) is 12.1. The molecule has 0 saturated carbocycles. The lowest BCUT2D eigenvalue weighted by atomic mass is 10.0. The molecule has 0 saturated heterocycles. The van der Waals surface area contributed by atoms with Crippen LogP contribution in [0.4, 0.5) is 0 Å². The van der Waals surface area contributed by atoms with Gasteiger partial charge in [-0.2, -0.15) is 5.26 Å². The topological polar surface area (TPSA) is 35.8 Å². The Kier molecular flexibility index (Phi) is 3.27. The van der Waals surface area contributed by atoms with E-state index in [1.165, 1.54) is 5.56 Å². The van der Waals surface area contributed by atoms with E-state index in [9.17, 15) is 0 Å². The van der Waals surface area contributed by atoms with Crippen molar-refractivity contribution in [3.63, 3.8) is 0 Å². The zero-order chi connectivity index (χ0) is 10.6. The monoisotopic (exact) mass is 188 g/mol. The summed E-state index contributed by atoms with van der Waals surface area (Å²) in [5.41, 5.74) is 0.728. The molecule has 14 heavy (non-hydrogen) atoms. The third kappa shape index (κ3) is 2.86. The molecule has 0 bridgehead atoms. The van der Waals surface area contributed by atoms with Gasteiger partial charge in [-0.15, -0.1) is 0 Å². The molecule has 0 fully saturated rings. The van der Waals surface area contributed by atoms with E-state index < -0.39 is 5.54 Å². The van der Waals surface area contributed by atoms with Crippen LogP contribution in [-0.2, 0) is 0 Å². The van der Waals surface area contributed by atoms with Gasteiger partial charge in [0.2, 0.25) is 0 Å². The fraction of sp³-hybridized carbons (Fsp3) is 0.417. The van der Waals surface area contributed by atoms with Crippen LogP contribution in [0.15, 0.2) is 30.3 Å². The summed E-state index contributed by atoms with van der Waals surface area (Å²) in [6, 6.07) is 12.6. The normalized spacial score (nSPS) is 13.3. The molecule has 2 heteroatoms. The first-order valence-electron chi connectivity index (χ1n) is 4.79. The molecule has 1 aromatic carbocycles. The summed E-state index contributed by atoms with van der Waals surface area (Å²) in [7, 11) is 0. The molecular formula is C12H16N2. The van der Waals surface area contributed by atoms with Crippen molar-refractivity contribution >= 4 is 0 Å². The zero-order valence-corrected chi connectivity index (χ0v) is 8.91. The number of rotatable bonds is 3. The number of benzene rings is 1. The summed E-state index contributed by atoms with van der Waals surface area (Å²) in [6.45, 7) is 5.83. The molecular weight excluding hydrogens is 172 g/mol. The first-order chi connectivity index (χ1) is 6.55. The van der Waals surface area contributed by atoms with Crippen LogP contribution in [0.3, 0.4) is 0 Å². The van der Waals surface area contributed by atoms with Gasteiger partial charge in [0.1, 0.15) is 5.54 Å². The van der Waals surface area contributed by atoms with Crippen molar-refractivity contribution in [1.29, 1.82) is 5.26 Å². The van der Waals surface area contributed by atoms with Crippen LogP contribution in [0.1, 0.15) is 32.4 Å². The van der Waals surface area contributed by atoms with E-state index in [2.05, 4.69) is 30.4 Å². The second-order valence-electron chi connectivity index (χ2n) is 4.01. The smallest absolute Gasteiger partial charge is 0.101 e. The number of hydrogen-bond donors (Lipinski definition) is 1. The number of nitriles is 1. The largest absolute Gasteiger partial charge is 0.293 e. The molecule has 1 N–H and O–H groups in total. The predicted octanol–water partition coefficient (Wildman–Crippen LogP) is 2.64. The summed E-state index contributed by atoms with van der Waals surface area (Å²) >= 11 is 0. The van der Waals surface area contributed by atoms with E-state index in [4.69, 9.17) is 5.26 Å². The second-order valence-corrected chi connectivity index (χ2v) is 4.01. The Balaban J connectivity index is 2.70. The molecule has 0 aromatic heterocycles. The van der Waals surface area contributed by atoms with Crippen molar-refractivity contribution in [2.45, 2.75) is 32.4 Å². The number of nitrogens with zero attached hydrogens (tertiary/aromatic N) is 1. The number of hydrogen-bond acceptors (Lipinski definition) is 2. The molecule has 0 aliphatic carbocycles. The van der Waals surface area contributed by atoms with Crippen LogP contribution in [0.25, 0.3) is 0 Å². The highest BCUT2D eigenvalue weighted by molar-refractivity contribution is 5.19. The maximum atomic E-state index is 8.88. The molecule has 1 aromatic rings. The van der Waals surface area contributed by atoms with Gasteiger partial charge in [-0.1, -0.05) is 30.3 Å². The maximum absolute atomic E-state index is 8.88. The van der Waals surface area contributed by atoms with Crippen LogP contribution in [0, 0.1) is 11.3 Å². The van der Waals surface area contributed by atoms with Crippen molar-refractivity contribution in [2.75, 3.05) is 0 Å². The van der Waals surface area contributed by atoms with Crippen molar-refractivity contribution in [3.8, 4) is 6.07 Å². The quantitative estimate of drug-likeness (QED) is 0.791. The van der Waals surface area contributed by atoms with Gasteiger partial charge < -0.3 is 0 Å². The minimum Gasteiger partial charge on any atom is -0.293 e. The fourth-order valence-corrected chi connectivity index (χ4v) is 1.40. The molecule has 74 valence electrons. The summed E-state index contributed by atoms with van der Waals surface area (Å²) in [6.07, 6.45) is 0. The van der Waals surface area contributed by atoms with Gasteiger partial charge in [0.25, 0.3) is 0 Å². The lowest BCUT2D eigenvalue weighted by Crippen LogP contribution is -2.39. The van der Waals surface area contributed by atoms with E-state index >= 15 is 0 Å². The average Bonchev–Trinajstić information content (AvgIpc) is 2.19. The molecule has 1 rings (SSSR count). The first-order valence-corrected chi connectivity index (χ1v) is 4.79. The molecule has 0 aliphatic rings. The molecule has 0 spiro atoms. The summed E-state index contributed by atoms with van der Waals surface area (Å²) in [5.74, 6) is 0. The molecule has 0 radical (unpaired) electrons. The summed E-state index contributed by atoms with van der Waals surface area (Å²) < 4.78 is 0. The lowest BCUT2D eigenvalue weighted by molar-refractivity contribution is 0.427. The lowest BCUT2D eigenvalue weighted by Gasteiger charge is -2.23. The van der Waals surface area contributed by atoms with E-state index in [-0.39, 0.29) is 6.04 Å². The highest BCUT2D eigenvalue weighted by atomic mass is 15.0. The standard InChI is InChI=1S/C12H16N2/c1-10(14-12(2,3)9-13)11-7-5-4-6-8-11/h4-8,10,14H,1-3H3. The molecule has 1 atom stereocenters. The van der Waals surface area contributed by atoms with Crippen molar-refractivity contribution < 1.29 is 0 Å². The van der Waals surface area contributed by atoms with Crippen LogP contribution >= 0.6 is 0 Å². The Morgan fingerprint density at radius 2 is 1.86 bits per heavy atom. The molecule has 2 nitrogen and oxygen atoms in total. The van der Waals surface area contributed by atoms with Gasteiger partial charge in [-0.3, -0.25) is 5.32 Å². The molecule has 0 heterocycles. The molecule has 0 aliphatic heterocycles. The van der Waals surface area contributed by atoms with Gasteiger partial charge in [-0.05, 0) is 26.3 Å².